The quantitative estimate of drug-likeness (QED) is 0.825. The second-order valence-corrected chi connectivity index (χ2v) is 4.42. The Morgan fingerprint density at radius 1 is 1.28 bits per heavy atom. The minimum absolute atomic E-state index is 0.330. The summed E-state index contributed by atoms with van der Waals surface area (Å²) in [5.41, 5.74) is 2.33. The highest BCUT2D eigenvalue weighted by atomic mass is 16.7. The molecule has 0 spiro atoms. The summed E-state index contributed by atoms with van der Waals surface area (Å²) in [7, 11) is 1.98. The third-order valence-corrected chi connectivity index (χ3v) is 2.93. The zero-order chi connectivity index (χ0) is 12.4. The number of benzene rings is 1. The smallest absolute Gasteiger partial charge is 0.231 e. The van der Waals surface area contributed by atoms with Crippen LogP contribution < -0.4 is 9.47 Å². The number of nitrogens with zero attached hydrogens (tertiary/aromatic N) is 2. The van der Waals surface area contributed by atoms with Crippen molar-refractivity contribution in [2.24, 2.45) is 7.05 Å². The molecule has 1 aliphatic heterocycles. The molecule has 0 unspecified atom stereocenters. The molecule has 0 saturated heterocycles. The van der Waals surface area contributed by atoms with E-state index in [9.17, 15) is 0 Å². The number of imidazole rings is 1. The number of aryl methyl sites for hydroxylation is 1. The molecule has 1 aromatic heterocycles. The third kappa shape index (κ3) is 2.32. The van der Waals surface area contributed by atoms with Crippen LogP contribution in [0.1, 0.15) is 11.3 Å². The molecule has 0 aliphatic carbocycles. The van der Waals surface area contributed by atoms with Crippen molar-refractivity contribution in [3.05, 3.63) is 48.4 Å². The van der Waals surface area contributed by atoms with Gasteiger partial charge in [0.15, 0.2) is 11.5 Å². The van der Waals surface area contributed by atoms with Crippen LogP contribution in [0.3, 0.4) is 0 Å². The van der Waals surface area contributed by atoms with Gasteiger partial charge in [-0.15, -0.1) is 0 Å². The highest BCUT2D eigenvalue weighted by Gasteiger charge is 2.12. The van der Waals surface area contributed by atoms with Gasteiger partial charge in [-0.3, -0.25) is 0 Å². The van der Waals surface area contributed by atoms with E-state index in [1.165, 1.54) is 5.56 Å². The summed E-state index contributed by atoms with van der Waals surface area (Å²) < 4.78 is 12.6. The van der Waals surface area contributed by atoms with E-state index in [-0.39, 0.29) is 0 Å². The van der Waals surface area contributed by atoms with Crippen LogP contribution >= 0.6 is 0 Å². The van der Waals surface area contributed by atoms with E-state index in [0.717, 1.165) is 30.0 Å². The summed E-state index contributed by atoms with van der Waals surface area (Å²) in [5, 5.41) is 0. The van der Waals surface area contributed by atoms with Crippen molar-refractivity contribution in [2.45, 2.75) is 12.8 Å². The number of fused-ring (bicyclic) bond motifs is 1. The fourth-order valence-corrected chi connectivity index (χ4v) is 2.03. The lowest BCUT2D eigenvalue weighted by Crippen LogP contribution is -1.93. The largest absolute Gasteiger partial charge is 0.454 e. The van der Waals surface area contributed by atoms with Crippen LogP contribution in [0.15, 0.2) is 30.7 Å². The lowest BCUT2D eigenvalue weighted by Gasteiger charge is -2.02. The van der Waals surface area contributed by atoms with Gasteiger partial charge in [0, 0.05) is 13.2 Å². The first kappa shape index (κ1) is 11.1. The van der Waals surface area contributed by atoms with E-state index in [4.69, 9.17) is 9.47 Å². The van der Waals surface area contributed by atoms with Crippen molar-refractivity contribution in [2.75, 3.05) is 6.79 Å². The molecule has 2 aromatic rings. The lowest BCUT2D eigenvalue weighted by molar-refractivity contribution is 0.174. The van der Waals surface area contributed by atoms with E-state index in [1.807, 2.05) is 36.3 Å². The van der Waals surface area contributed by atoms with Crippen LogP contribution in [0.2, 0.25) is 0 Å². The van der Waals surface area contributed by atoms with Crippen LogP contribution in [0.5, 0.6) is 11.5 Å². The maximum absolute atomic E-state index is 5.36. The van der Waals surface area contributed by atoms with E-state index in [1.54, 1.807) is 0 Å². The van der Waals surface area contributed by atoms with Crippen molar-refractivity contribution >= 4 is 0 Å². The van der Waals surface area contributed by atoms with Crippen molar-refractivity contribution in [1.29, 1.82) is 0 Å². The monoisotopic (exact) mass is 243 g/mol. The maximum Gasteiger partial charge on any atom is 0.231 e. The predicted molar refractivity (Wildman–Crippen MR) is 67.5 cm³/mol. The number of ether oxygens (including phenoxy) is 2. The van der Waals surface area contributed by atoms with Gasteiger partial charge in [0.1, 0.15) is 0 Å². The van der Waals surface area contributed by atoms with Crippen molar-refractivity contribution < 1.29 is 9.47 Å². The molecule has 0 fully saturated rings. The summed E-state index contributed by atoms with van der Waals surface area (Å²) in [6.45, 7) is 0.330. The van der Waals surface area contributed by atoms with E-state index in [2.05, 4.69) is 17.5 Å². The molecule has 0 atom stereocenters. The van der Waals surface area contributed by atoms with E-state index < -0.39 is 0 Å². The molecule has 1 aliphatic rings. The average molecular weight is 243 g/mol. The van der Waals surface area contributed by atoms with Crippen LogP contribution in [0.25, 0.3) is 0 Å². The number of hydrogen-bond donors (Lipinski definition) is 0. The molecule has 93 valence electrons. The molecule has 1 radical (unpaired) electrons. The fraction of sp³-hybridized carbons (Fsp3) is 0.286. The highest BCUT2D eigenvalue weighted by molar-refractivity contribution is 5.44. The summed E-state index contributed by atoms with van der Waals surface area (Å²) in [5.74, 6) is 1.68. The summed E-state index contributed by atoms with van der Waals surface area (Å²) >= 11 is 0. The summed E-state index contributed by atoms with van der Waals surface area (Å²) in [6, 6.07) is 6.08. The Bertz CT molecular complexity index is 548. The number of rotatable bonds is 4. The fourth-order valence-electron chi connectivity index (χ4n) is 2.03. The van der Waals surface area contributed by atoms with Gasteiger partial charge in [0.2, 0.25) is 6.79 Å². The van der Waals surface area contributed by atoms with Gasteiger partial charge >= 0.3 is 0 Å². The van der Waals surface area contributed by atoms with Crippen LogP contribution in [0.4, 0.5) is 0 Å². The Hall–Kier alpha value is -1.97. The Labute approximate surface area is 106 Å². The molecular formula is C14H15N2O2. The topological polar surface area (TPSA) is 36.3 Å². The summed E-state index contributed by atoms with van der Waals surface area (Å²) in [4.78, 5) is 4.29. The Morgan fingerprint density at radius 2 is 2.17 bits per heavy atom. The van der Waals surface area contributed by atoms with Crippen molar-refractivity contribution in [3.63, 3.8) is 0 Å². The molecule has 0 N–H and O–H groups in total. The molecular weight excluding hydrogens is 228 g/mol. The maximum atomic E-state index is 5.36. The first-order valence-electron chi connectivity index (χ1n) is 5.98. The van der Waals surface area contributed by atoms with Gasteiger partial charge in [-0.2, -0.15) is 0 Å². The number of aromatic nitrogens is 2. The van der Waals surface area contributed by atoms with Crippen LogP contribution in [-0.2, 0) is 19.9 Å². The lowest BCUT2D eigenvalue weighted by atomic mass is 10.1. The van der Waals surface area contributed by atoms with Gasteiger partial charge in [-0.05, 0) is 37.0 Å². The van der Waals surface area contributed by atoms with Gasteiger partial charge in [0.25, 0.3) is 0 Å². The zero-order valence-corrected chi connectivity index (χ0v) is 10.3. The Kier molecular flexibility index (Phi) is 2.92. The Morgan fingerprint density at radius 3 is 3.00 bits per heavy atom. The molecule has 0 bridgehead atoms. The second kappa shape index (κ2) is 4.72. The minimum Gasteiger partial charge on any atom is -0.454 e. The van der Waals surface area contributed by atoms with E-state index in [0.29, 0.717) is 6.79 Å². The first-order valence-corrected chi connectivity index (χ1v) is 5.98. The molecule has 1 aromatic carbocycles. The predicted octanol–water partition coefficient (Wildman–Crippen LogP) is 2.14. The average Bonchev–Trinajstić information content (AvgIpc) is 2.97. The molecule has 0 saturated carbocycles. The second-order valence-electron chi connectivity index (χ2n) is 4.42. The molecule has 18 heavy (non-hydrogen) atoms. The van der Waals surface area contributed by atoms with E-state index >= 15 is 0 Å². The highest BCUT2D eigenvalue weighted by Crippen LogP contribution is 2.32. The van der Waals surface area contributed by atoms with Crippen molar-refractivity contribution in [1.82, 2.24) is 9.55 Å². The molecule has 2 heterocycles. The van der Waals surface area contributed by atoms with Gasteiger partial charge in [-0.1, -0.05) is 6.07 Å². The van der Waals surface area contributed by atoms with Crippen molar-refractivity contribution in [3.8, 4) is 11.5 Å². The normalized spacial score (nSPS) is 12.9. The van der Waals surface area contributed by atoms with Crippen LogP contribution in [0, 0.1) is 6.42 Å². The molecule has 4 heteroatoms. The van der Waals surface area contributed by atoms with Gasteiger partial charge in [-0.25, -0.2) is 4.98 Å². The van der Waals surface area contributed by atoms with Crippen LogP contribution in [-0.4, -0.2) is 16.3 Å². The molecule has 4 nitrogen and oxygen atoms in total. The first-order chi connectivity index (χ1) is 8.81. The standard InChI is InChI=1S/C14H15N2O2/c1-16-8-12(15-9-16)4-2-3-11-5-6-13-14(7-11)18-10-17-13/h2,5-9H,3-4,10H2,1H3. The Balaban J connectivity index is 1.57. The van der Waals surface area contributed by atoms with Gasteiger partial charge in [0.05, 0.1) is 12.0 Å². The minimum atomic E-state index is 0.330. The third-order valence-electron chi connectivity index (χ3n) is 2.93. The SMILES string of the molecule is Cn1cnc(C[CH]Cc2ccc3c(c2)OCO3)c1. The number of hydrogen-bond acceptors (Lipinski definition) is 3. The molecule has 3 rings (SSSR count). The molecule has 0 amide bonds. The zero-order valence-electron chi connectivity index (χ0n) is 10.3. The van der Waals surface area contributed by atoms with Gasteiger partial charge < -0.3 is 14.0 Å². The summed E-state index contributed by atoms with van der Waals surface area (Å²) in [6.07, 6.45) is 7.88.